The highest BCUT2D eigenvalue weighted by molar-refractivity contribution is 6.00. The first-order valence-corrected chi connectivity index (χ1v) is 8.16. The molecule has 2 N–H and O–H groups in total. The number of anilines is 1. The van der Waals surface area contributed by atoms with Gasteiger partial charge >= 0.3 is 6.09 Å². The monoisotopic (exact) mass is 340 g/mol. The van der Waals surface area contributed by atoms with E-state index >= 15 is 0 Å². The highest BCUT2D eigenvalue weighted by Crippen LogP contribution is 2.27. The van der Waals surface area contributed by atoms with Crippen molar-refractivity contribution >= 4 is 17.7 Å². The van der Waals surface area contributed by atoms with Crippen molar-refractivity contribution < 1.29 is 19.4 Å². The van der Waals surface area contributed by atoms with Crippen LogP contribution in [0.25, 0.3) is 0 Å². The number of nitrogens with one attached hydrogen (secondary N) is 1. The van der Waals surface area contributed by atoms with Gasteiger partial charge < -0.3 is 20.1 Å². The third kappa shape index (κ3) is 3.97. The molecule has 2 aromatic rings. The smallest absolute Gasteiger partial charge is 0.408 e. The zero-order valence-corrected chi connectivity index (χ0v) is 13.7. The van der Waals surface area contributed by atoms with Crippen LogP contribution in [0.4, 0.5) is 10.5 Å². The van der Waals surface area contributed by atoms with Gasteiger partial charge in [-0.3, -0.25) is 4.79 Å². The molecule has 0 fully saturated rings. The van der Waals surface area contributed by atoms with Crippen LogP contribution in [0.15, 0.2) is 54.6 Å². The van der Waals surface area contributed by atoms with E-state index in [0.29, 0.717) is 6.54 Å². The molecule has 0 saturated carbocycles. The van der Waals surface area contributed by atoms with Crippen molar-refractivity contribution in [2.45, 2.75) is 19.1 Å². The predicted octanol–water partition coefficient (Wildman–Crippen LogP) is 1.86. The Hall–Kier alpha value is -2.86. The van der Waals surface area contributed by atoms with E-state index in [4.69, 9.17) is 4.74 Å². The largest absolute Gasteiger partial charge is 0.445 e. The molecule has 6 heteroatoms. The van der Waals surface area contributed by atoms with E-state index in [1.807, 2.05) is 54.6 Å². The fourth-order valence-corrected chi connectivity index (χ4v) is 2.85. The summed E-state index contributed by atoms with van der Waals surface area (Å²) < 4.78 is 5.11. The molecule has 3 rings (SSSR count). The van der Waals surface area contributed by atoms with E-state index in [2.05, 4.69) is 5.32 Å². The molecule has 1 aliphatic rings. The molecule has 0 spiro atoms. The van der Waals surface area contributed by atoms with Crippen molar-refractivity contribution in [1.82, 2.24) is 5.32 Å². The van der Waals surface area contributed by atoms with E-state index in [-0.39, 0.29) is 12.5 Å². The zero-order valence-electron chi connectivity index (χ0n) is 13.7. The standard InChI is InChI=1S/C19H20N2O4/c22-12-16(20-19(24)25-13-14-6-2-1-3-7-14)18(23)21-11-10-15-8-4-5-9-17(15)21/h1-9,16,22H,10-13H2,(H,20,24). The first-order chi connectivity index (χ1) is 12.2. The van der Waals surface area contributed by atoms with Crippen LogP contribution in [0.3, 0.4) is 0 Å². The third-order valence-corrected chi connectivity index (χ3v) is 4.14. The second kappa shape index (κ2) is 7.81. The van der Waals surface area contributed by atoms with Crippen LogP contribution >= 0.6 is 0 Å². The van der Waals surface area contributed by atoms with Crippen molar-refractivity contribution in [3.05, 3.63) is 65.7 Å². The average molecular weight is 340 g/mol. The maximum Gasteiger partial charge on any atom is 0.408 e. The summed E-state index contributed by atoms with van der Waals surface area (Å²) in [6, 6.07) is 15.8. The number of nitrogens with zero attached hydrogens (tertiary/aromatic N) is 1. The lowest BCUT2D eigenvalue weighted by Crippen LogP contribution is -2.50. The summed E-state index contributed by atoms with van der Waals surface area (Å²) in [7, 11) is 0. The molecule has 1 atom stereocenters. The highest BCUT2D eigenvalue weighted by atomic mass is 16.5. The van der Waals surface area contributed by atoms with Gasteiger partial charge in [-0.2, -0.15) is 0 Å². The van der Waals surface area contributed by atoms with Crippen LogP contribution in [0, 0.1) is 0 Å². The van der Waals surface area contributed by atoms with Crippen LogP contribution in [0.2, 0.25) is 0 Å². The second-order valence-corrected chi connectivity index (χ2v) is 5.81. The lowest BCUT2D eigenvalue weighted by molar-refractivity contribution is -0.121. The number of aliphatic hydroxyl groups excluding tert-OH is 1. The molecule has 0 bridgehead atoms. The first kappa shape index (κ1) is 17.0. The second-order valence-electron chi connectivity index (χ2n) is 5.81. The molecule has 0 radical (unpaired) electrons. The molecule has 130 valence electrons. The van der Waals surface area contributed by atoms with Crippen molar-refractivity contribution in [2.75, 3.05) is 18.1 Å². The molecule has 1 unspecified atom stereocenters. The molecule has 0 aromatic heterocycles. The molecule has 0 saturated heterocycles. The molecule has 2 aromatic carbocycles. The molecule has 2 amide bonds. The van der Waals surface area contributed by atoms with Crippen molar-refractivity contribution in [1.29, 1.82) is 0 Å². The number of para-hydroxylation sites is 1. The van der Waals surface area contributed by atoms with Crippen molar-refractivity contribution in [3.63, 3.8) is 0 Å². The number of carbonyl (C=O) groups is 2. The lowest BCUT2D eigenvalue weighted by atomic mass is 10.2. The summed E-state index contributed by atoms with van der Waals surface area (Å²) in [5.74, 6) is -0.343. The Morgan fingerprint density at radius 1 is 1.12 bits per heavy atom. The third-order valence-electron chi connectivity index (χ3n) is 4.14. The number of aliphatic hydroxyl groups is 1. The van der Waals surface area contributed by atoms with E-state index in [1.165, 1.54) is 0 Å². The number of ether oxygens (including phenoxy) is 1. The zero-order chi connectivity index (χ0) is 17.6. The molecule has 1 aliphatic heterocycles. The van der Waals surface area contributed by atoms with E-state index in [1.54, 1.807) is 4.90 Å². The molecular formula is C19H20N2O4. The molecular weight excluding hydrogens is 320 g/mol. The maximum atomic E-state index is 12.6. The fourth-order valence-electron chi connectivity index (χ4n) is 2.85. The summed E-state index contributed by atoms with van der Waals surface area (Å²) in [6.07, 6.45) is 0.0298. The van der Waals surface area contributed by atoms with Crippen LogP contribution < -0.4 is 10.2 Å². The number of amides is 2. The number of hydrogen-bond acceptors (Lipinski definition) is 4. The van der Waals surface area contributed by atoms with Gasteiger partial charge in [-0.15, -0.1) is 0 Å². The Kier molecular flexibility index (Phi) is 5.30. The van der Waals surface area contributed by atoms with Crippen molar-refractivity contribution in [2.24, 2.45) is 0 Å². The summed E-state index contributed by atoms with van der Waals surface area (Å²) >= 11 is 0. The van der Waals surface area contributed by atoms with Gasteiger partial charge in [0.05, 0.1) is 6.61 Å². The molecule has 25 heavy (non-hydrogen) atoms. The van der Waals surface area contributed by atoms with E-state index in [9.17, 15) is 14.7 Å². The Balaban J connectivity index is 1.59. The van der Waals surface area contributed by atoms with Gasteiger partial charge in [-0.25, -0.2) is 4.79 Å². The van der Waals surface area contributed by atoms with Gasteiger partial charge in [0.15, 0.2) is 0 Å². The minimum absolute atomic E-state index is 0.103. The van der Waals surface area contributed by atoms with Crippen LogP contribution in [-0.4, -0.2) is 36.3 Å². The van der Waals surface area contributed by atoms with Gasteiger partial charge in [0.1, 0.15) is 12.6 Å². The maximum absolute atomic E-state index is 12.6. The molecule has 0 aliphatic carbocycles. The van der Waals surface area contributed by atoms with Crippen LogP contribution in [-0.2, 0) is 22.6 Å². The number of hydrogen-bond donors (Lipinski definition) is 2. The lowest BCUT2D eigenvalue weighted by Gasteiger charge is -2.23. The Labute approximate surface area is 146 Å². The Bertz CT molecular complexity index is 748. The number of alkyl carbamates (subject to hydrolysis) is 1. The number of rotatable bonds is 5. The normalized spacial score (nSPS) is 13.9. The summed E-state index contributed by atoms with van der Waals surface area (Å²) in [4.78, 5) is 26.2. The summed E-state index contributed by atoms with van der Waals surface area (Å²) in [6.45, 7) is 0.152. The van der Waals surface area contributed by atoms with E-state index < -0.39 is 18.7 Å². The minimum atomic E-state index is -1.03. The Morgan fingerprint density at radius 3 is 2.60 bits per heavy atom. The minimum Gasteiger partial charge on any atom is -0.445 e. The Morgan fingerprint density at radius 2 is 1.84 bits per heavy atom. The quantitative estimate of drug-likeness (QED) is 0.871. The molecule has 6 nitrogen and oxygen atoms in total. The number of fused-ring (bicyclic) bond motifs is 1. The SMILES string of the molecule is O=C(NC(CO)C(=O)N1CCc2ccccc21)OCc1ccccc1. The van der Waals surface area contributed by atoms with Gasteiger partial charge in [0.25, 0.3) is 5.91 Å². The average Bonchev–Trinajstić information content (AvgIpc) is 3.09. The van der Waals surface area contributed by atoms with Gasteiger partial charge in [-0.05, 0) is 23.6 Å². The summed E-state index contributed by atoms with van der Waals surface area (Å²) in [5.41, 5.74) is 2.75. The first-order valence-electron chi connectivity index (χ1n) is 8.16. The predicted molar refractivity (Wildman–Crippen MR) is 93.1 cm³/mol. The van der Waals surface area contributed by atoms with Crippen molar-refractivity contribution in [3.8, 4) is 0 Å². The number of benzene rings is 2. The fraction of sp³-hybridized carbons (Fsp3) is 0.263. The van der Waals surface area contributed by atoms with E-state index in [0.717, 1.165) is 23.2 Å². The van der Waals surface area contributed by atoms with Gasteiger partial charge in [0.2, 0.25) is 0 Å². The van der Waals surface area contributed by atoms with Crippen LogP contribution in [0.5, 0.6) is 0 Å². The molecule has 1 heterocycles. The van der Waals surface area contributed by atoms with Crippen LogP contribution in [0.1, 0.15) is 11.1 Å². The summed E-state index contributed by atoms with van der Waals surface area (Å²) in [5, 5.41) is 12.0. The number of carbonyl (C=O) groups excluding carboxylic acids is 2. The van der Waals surface area contributed by atoms with Gasteiger partial charge in [0, 0.05) is 12.2 Å². The highest BCUT2D eigenvalue weighted by Gasteiger charge is 2.30. The van der Waals surface area contributed by atoms with Gasteiger partial charge in [-0.1, -0.05) is 48.5 Å². The topological polar surface area (TPSA) is 78.9 Å².